The highest BCUT2D eigenvalue weighted by Crippen LogP contribution is 2.23. The predicted octanol–water partition coefficient (Wildman–Crippen LogP) is 3.01. The summed E-state index contributed by atoms with van der Waals surface area (Å²) in [5.41, 5.74) is 2.91. The number of pyridine rings is 1. The van der Waals surface area contributed by atoms with E-state index in [1.165, 1.54) is 0 Å². The Hall–Kier alpha value is -2.16. The molecule has 2 rings (SSSR count). The molecule has 0 aliphatic rings. The molecule has 0 aliphatic heterocycles. The van der Waals surface area contributed by atoms with Crippen molar-refractivity contribution < 1.29 is 9.90 Å². The lowest BCUT2D eigenvalue weighted by atomic mass is 9.97. The van der Waals surface area contributed by atoms with Crippen molar-refractivity contribution in [3.8, 4) is 11.1 Å². The zero-order chi connectivity index (χ0) is 13.0. The minimum Gasteiger partial charge on any atom is -0.481 e. The van der Waals surface area contributed by atoms with E-state index >= 15 is 0 Å². The van der Waals surface area contributed by atoms with Crippen LogP contribution in [0.2, 0.25) is 0 Å². The van der Waals surface area contributed by atoms with Crippen molar-refractivity contribution in [1.29, 1.82) is 0 Å². The molecule has 0 saturated heterocycles. The third-order valence-corrected chi connectivity index (χ3v) is 2.90. The Labute approximate surface area is 106 Å². The van der Waals surface area contributed by atoms with Crippen LogP contribution in [0.1, 0.15) is 12.6 Å². The van der Waals surface area contributed by atoms with Crippen LogP contribution in [0.25, 0.3) is 11.1 Å². The molecule has 0 bridgehead atoms. The highest BCUT2D eigenvalue weighted by molar-refractivity contribution is 5.71. The van der Waals surface area contributed by atoms with E-state index in [0.29, 0.717) is 6.42 Å². The van der Waals surface area contributed by atoms with Crippen LogP contribution in [0.3, 0.4) is 0 Å². The van der Waals surface area contributed by atoms with E-state index in [9.17, 15) is 4.79 Å². The Bertz CT molecular complexity index is 537. The summed E-state index contributed by atoms with van der Waals surface area (Å²) in [6.45, 7) is 1.70. The molecule has 0 amide bonds. The summed E-state index contributed by atoms with van der Waals surface area (Å²) < 4.78 is 0. The van der Waals surface area contributed by atoms with Gasteiger partial charge in [-0.1, -0.05) is 43.3 Å². The Morgan fingerprint density at radius 2 is 1.94 bits per heavy atom. The van der Waals surface area contributed by atoms with Gasteiger partial charge >= 0.3 is 5.97 Å². The lowest BCUT2D eigenvalue weighted by molar-refractivity contribution is -0.141. The number of carboxylic acid groups (broad SMARTS) is 1. The summed E-state index contributed by atoms with van der Waals surface area (Å²) in [6, 6.07) is 13.8. The fourth-order valence-corrected chi connectivity index (χ4v) is 1.86. The van der Waals surface area contributed by atoms with Crippen LogP contribution in [0.5, 0.6) is 0 Å². The number of hydrogen-bond acceptors (Lipinski definition) is 2. The summed E-state index contributed by atoms with van der Waals surface area (Å²) in [4.78, 5) is 15.2. The zero-order valence-corrected chi connectivity index (χ0v) is 10.2. The summed E-state index contributed by atoms with van der Waals surface area (Å²) in [5.74, 6) is -1.22. The van der Waals surface area contributed by atoms with Crippen LogP contribution in [0, 0.1) is 5.92 Å². The molecule has 0 radical (unpaired) electrons. The molecule has 3 nitrogen and oxygen atoms in total. The third-order valence-electron chi connectivity index (χ3n) is 2.90. The van der Waals surface area contributed by atoms with Gasteiger partial charge in [-0.15, -0.1) is 0 Å². The topological polar surface area (TPSA) is 50.2 Å². The Kier molecular flexibility index (Phi) is 3.72. The van der Waals surface area contributed by atoms with Crippen LogP contribution < -0.4 is 0 Å². The van der Waals surface area contributed by atoms with E-state index in [2.05, 4.69) is 4.98 Å². The number of aliphatic carboxylic acids is 1. The zero-order valence-electron chi connectivity index (χ0n) is 10.2. The molecule has 18 heavy (non-hydrogen) atoms. The number of benzene rings is 1. The Balaban J connectivity index is 2.35. The Morgan fingerprint density at radius 1 is 1.22 bits per heavy atom. The van der Waals surface area contributed by atoms with Gasteiger partial charge in [0.1, 0.15) is 0 Å². The summed E-state index contributed by atoms with van der Waals surface area (Å²) in [7, 11) is 0. The number of carboxylic acids is 1. The predicted molar refractivity (Wildman–Crippen MR) is 70.2 cm³/mol. The van der Waals surface area contributed by atoms with Crippen LogP contribution in [0.15, 0.2) is 48.7 Å². The van der Waals surface area contributed by atoms with E-state index in [4.69, 9.17) is 5.11 Å². The molecule has 2 aromatic rings. The summed E-state index contributed by atoms with van der Waals surface area (Å²) in [6.07, 6.45) is 2.15. The lowest BCUT2D eigenvalue weighted by Crippen LogP contribution is -2.13. The van der Waals surface area contributed by atoms with Gasteiger partial charge in [0.05, 0.1) is 5.92 Å². The number of rotatable bonds is 4. The van der Waals surface area contributed by atoms with Gasteiger partial charge in [-0.2, -0.15) is 0 Å². The number of aromatic nitrogens is 1. The first-order valence-corrected chi connectivity index (χ1v) is 5.90. The van der Waals surface area contributed by atoms with E-state index < -0.39 is 11.9 Å². The molecule has 0 spiro atoms. The average Bonchev–Trinajstić information content (AvgIpc) is 2.40. The maximum Gasteiger partial charge on any atom is 0.306 e. The minimum absolute atomic E-state index is 0.428. The average molecular weight is 241 g/mol. The molecule has 1 atom stereocenters. The first kappa shape index (κ1) is 12.3. The molecule has 1 aromatic heterocycles. The quantitative estimate of drug-likeness (QED) is 0.895. The van der Waals surface area contributed by atoms with Crippen molar-refractivity contribution in [2.75, 3.05) is 0 Å². The minimum atomic E-state index is -0.792. The van der Waals surface area contributed by atoms with Crippen molar-refractivity contribution in [2.24, 2.45) is 5.92 Å². The van der Waals surface area contributed by atoms with E-state index in [0.717, 1.165) is 16.8 Å². The van der Waals surface area contributed by atoms with E-state index in [1.807, 2.05) is 42.5 Å². The van der Waals surface area contributed by atoms with Gasteiger partial charge in [-0.25, -0.2) is 0 Å². The second kappa shape index (κ2) is 5.45. The molecule has 1 heterocycles. The largest absolute Gasteiger partial charge is 0.481 e. The third kappa shape index (κ3) is 2.74. The molecule has 1 N–H and O–H groups in total. The van der Waals surface area contributed by atoms with Gasteiger partial charge in [-0.3, -0.25) is 9.78 Å². The molecular formula is C15H15NO2. The first-order valence-electron chi connectivity index (χ1n) is 5.90. The van der Waals surface area contributed by atoms with Crippen molar-refractivity contribution in [3.05, 3.63) is 54.4 Å². The summed E-state index contributed by atoms with van der Waals surface area (Å²) in [5, 5.41) is 8.98. The highest BCUT2D eigenvalue weighted by Gasteiger charge is 2.15. The standard InChI is InChI=1S/C15H15NO2/c1-11(15(17)18)10-14-13(8-5-9-16-14)12-6-3-2-4-7-12/h2-9,11H,10H2,1H3,(H,17,18). The normalized spacial score (nSPS) is 12.1. The molecule has 0 saturated carbocycles. The van der Waals surface area contributed by atoms with Crippen molar-refractivity contribution >= 4 is 5.97 Å². The molecule has 0 aliphatic carbocycles. The van der Waals surface area contributed by atoms with Crippen molar-refractivity contribution in [3.63, 3.8) is 0 Å². The number of carbonyl (C=O) groups is 1. The van der Waals surface area contributed by atoms with Gasteiger partial charge < -0.3 is 5.11 Å². The number of hydrogen-bond donors (Lipinski definition) is 1. The van der Waals surface area contributed by atoms with Crippen LogP contribution in [-0.2, 0) is 11.2 Å². The monoisotopic (exact) mass is 241 g/mol. The SMILES string of the molecule is CC(Cc1ncccc1-c1ccccc1)C(=O)O. The number of nitrogens with zero attached hydrogens (tertiary/aromatic N) is 1. The fourth-order valence-electron chi connectivity index (χ4n) is 1.86. The van der Waals surface area contributed by atoms with Crippen molar-refractivity contribution in [2.45, 2.75) is 13.3 Å². The van der Waals surface area contributed by atoms with Crippen LogP contribution in [-0.4, -0.2) is 16.1 Å². The first-order chi connectivity index (χ1) is 8.68. The van der Waals surface area contributed by atoms with E-state index in [1.54, 1.807) is 13.1 Å². The molecule has 1 aromatic carbocycles. The van der Waals surface area contributed by atoms with E-state index in [-0.39, 0.29) is 0 Å². The smallest absolute Gasteiger partial charge is 0.306 e. The molecule has 3 heteroatoms. The summed E-state index contributed by atoms with van der Waals surface area (Å²) >= 11 is 0. The second-order valence-electron chi connectivity index (χ2n) is 4.31. The molecule has 1 unspecified atom stereocenters. The molecular weight excluding hydrogens is 226 g/mol. The molecule has 92 valence electrons. The maximum atomic E-state index is 10.9. The lowest BCUT2D eigenvalue weighted by Gasteiger charge is -2.10. The van der Waals surface area contributed by atoms with Crippen LogP contribution >= 0.6 is 0 Å². The van der Waals surface area contributed by atoms with Gasteiger partial charge in [0.25, 0.3) is 0 Å². The van der Waals surface area contributed by atoms with Crippen LogP contribution in [0.4, 0.5) is 0 Å². The van der Waals surface area contributed by atoms with Gasteiger partial charge in [0.15, 0.2) is 0 Å². The van der Waals surface area contributed by atoms with Gasteiger partial charge in [-0.05, 0) is 11.6 Å². The van der Waals surface area contributed by atoms with Gasteiger partial charge in [0.2, 0.25) is 0 Å². The van der Waals surface area contributed by atoms with Gasteiger partial charge in [0, 0.05) is 23.9 Å². The highest BCUT2D eigenvalue weighted by atomic mass is 16.4. The Morgan fingerprint density at radius 3 is 2.61 bits per heavy atom. The van der Waals surface area contributed by atoms with Crippen molar-refractivity contribution in [1.82, 2.24) is 4.98 Å². The maximum absolute atomic E-state index is 10.9. The molecule has 0 fully saturated rings. The second-order valence-corrected chi connectivity index (χ2v) is 4.31. The fraction of sp³-hybridized carbons (Fsp3) is 0.200.